The van der Waals surface area contributed by atoms with Crippen LogP contribution < -0.4 is 4.74 Å². The summed E-state index contributed by atoms with van der Waals surface area (Å²) in [6, 6.07) is 9.79. The molecule has 0 aliphatic rings. The van der Waals surface area contributed by atoms with Crippen LogP contribution in [0.2, 0.25) is 0 Å². The van der Waals surface area contributed by atoms with Gasteiger partial charge in [0, 0.05) is 6.61 Å². The third kappa shape index (κ3) is 4.53. The first kappa shape index (κ1) is 10.1. The smallest absolute Gasteiger partial charge is 0.119 e. The van der Waals surface area contributed by atoms with Crippen LogP contribution in [0.1, 0.15) is 19.3 Å². The molecule has 1 rings (SSSR count). The van der Waals surface area contributed by atoms with Crippen LogP contribution in [0.5, 0.6) is 5.75 Å². The standard InChI is InChI=1S/C11H16O2/c12-9-5-2-6-10-13-11-7-3-1-4-8-11/h1,3-4,7-8,12H,2,5-6,9-10H2. The summed E-state index contributed by atoms with van der Waals surface area (Å²) < 4.78 is 5.47. The van der Waals surface area contributed by atoms with E-state index in [0.29, 0.717) is 0 Å². The first-order valence-corrected chi connectivity index (χ1v) is 4.72. The van der Waals surface area contributed by atoms with Crippen LogP contribution in [-0.4, -0.2) is 18.3 Å². The molecule has 0 fully saturated rings. The zero-order chi connectivity index (χ0) is 9.36. The molecule has 0 amide bonds. The van der Waals surface area contributed by atoms with Gasteiger partial charge in [-0.25, -0.2) is 0 Å². The van der Waals surface area contributed by atoms with E-state index in [4.69, 9.17) is 9.84 Å². The largest absolute Gasteiger partial charge is 0.494 e. The molecule has 2 heteroatoms. The number of benzene rings is 1. The second kappa shape index (κ2) is 6.49. The van der Waals surface area contributed by atoms with E-state index in [1.807, 2.05) is 30.3 Å². The lowest BCUT2D eigenvalue weighted by molar-refractivity contribution is 0.266. The Bertz CT molecular complexity index is 209. The molecular weight excluding hydrogens is 164 g/mol. The third-order valence-electron chi connectivity index (χ3n) is 1.81. The fraction of sp³-hybridized carbons (Fsp3) is 0.455. The quantitative estimate of drug-likeness (QED) is 0.680. The average Bonchev–Trinajstić information content (AvgIpc) is 2.19. The molecule has 0 heterocycles. The molecule has 13 heavy (non-hydrogen) atoms. The van der Waals surface area contributed by atoms with Crippen LogP contribution in [0.3, 0.4) is 0 Å². The van der Waals surface area contributed by atoms with Gasteiger partial charge in [-0.3, -0.25) is 0 Å². The minimum Gasteiger partial charge on any atom is -0.494 e. The Morgan fingerprint density at radius 3 is 2.46 bits per heavy atom. The summed E-state index contributed by atoms with van der Waals surface area (Å²) in [5.41, 5.74) is 0. The molecule has 0 saturated heterocycles. The zero-order valence-electron chi connectivity index (χ0n) is 7.78. The number of aliphatic hydroxyl groups is 1. The predicted octanol–water partition coefficient (Wildman–Crippen LogP) is 2.23. The molecule has 0 aromatic heterocycles. The number of rotatable bonds is 6. The highest BCUT2D eigenvalue weighted by Crippen LogP contribution is 2.08. The number of para-hydroxylation sites is 1. The highest BCUT2D eigenvalue weighted by molar-refractivity contribution is 5.20. The van der Waals surface area contributed by atoms with Gasteiger partial charge >= 0.3 is 0 Å². The SMILES string of the molecule is OCCCCCOc1ccccc1. The number of aliphatic hydroxyl groups excluding tert-OH is 1. The summed E-state index contributed by atoms with van der Waals surface area (Å²) in [6.07, 6.45) is 2.91. The van der Waals surface area contributed by atoms with Gasteiger partial charge in [0.1, 0.15) is 5.75 Å². The van der Waals surface area contributed by atoms with Crippen LogP contribution in [0.25, 0.3) is 0 Å². The van der Waals surface area contributed by atoms with E-state index in [2.05, 4.69) is 0 Å². The molecule has 0 saturated carbocycles. The average molecular weight is 180 g/mol. The molecule has 0 spiro atoms. The summed E-state index contributed by atoms with van der Waals surface area (Å²) in [7, 11) is 0. The minimum atomic E-state index is 0.283. The minimum absolute atomic E-state index is 0.283. The van der Waals surface area contributed by atoms with Gasteiger partial charge in [-0.15, -0.1) is 0 Å². The maximum atomic E-state index is 8.54. The normalized spacial score (nSPS) is 9.92. The first-order chi connectivity index (χ1) is 6.43. The van der Waals surface area contributed by atoms with Gasteiger partial charge in [-0.1, -0.05) is 18.2 Å². The van der Waals surface area contributed by atoms with Crippen LogP contribution in [-0.2, 0) is 0 Å². The number of ether oxygens (including phenoxy) is 1. The zero-order valence-corrected chi connectivity index (χ0v) is 7.78. The van der Waals surface area contributed by atoms with Crippen molar-refractivity contribution in [3.8, 4) is 5.75 Å². The summed E-state index contributed by atoms with van der Waals surface area (Å²) >= 11 is 0. The summed E-state index contributed by atoms with van der Waals surface area (Å²) in [6.45, 7) is 1.02. The molecule has 2 nitrogen and oxygen atoms in total. The van der Waals surface area contributed by atoms with Crippen LogP contribution in [0, 0.1) is 0 Å². The molecule has 72 valence electrons. The third-order valence-corrected chi connectivity index (χ3v) is 1.81. The van der Waals surface area contributed by atoms with Crippen molar-refractivity contribution in [2.75, 3.05) is 13.2 Å². The monoisotopic (exact) mass is 180 g/mol. The molecule has 0 radical (unpaired) electrons. The van der Waals surface area contributed by atoms with Gasteiger partial charge in [-0.05, 0) is 31.4 Å². The van der Waals surface area contributed by atoms with Gasteiger partial charge in [0.25, 0.3) is 0 Å². The van der Waals surface area contributed by atoms with E-state index in [-0.39, 0.29) is 6.61 Å². The van der Waals surface area contributed by atoms with Gasteiger partial charge < -0.3 is 9.84 Å². The lowest BCUT2D eigenvalue weighted by Gasteiger charge is -2.04. The highest BCUT2D eigenvalue weighted by Gasteiger charge is 1.91. The van der Waals surface area contributed by atoms with Crippen molar-refractivity contribution in [1.29, 1.82) is 0 Å². The highest BCUT2D eigenvalue weighted by atomic mass is 16.5. The molecule has 1 N–H and O–H groups in total. The Hall–Kier alpha value is -1.02. The van der Waals surface area contributed by atoms with Crippen LogP contribution in [0.15, 0.2) is 30.3 Å². The molecule has 0 aliphatic heterocycles. The van der Waals surface area contributed by atoms with Gasteiger partial charge in [0.2, 0.25) is 0 Å². The summed E-state index contributed by atoms with van der Waals surface area (Å²) in [4.78, 5) is 0. The topological polar surface area (TPSA) is 29.5 Å². The van der Waals surface area contributed by atoms with Crippen molar-refractivity contribution in [2.24, 2.45) is 0 Å². The summed E-state index contributed by atoms with van der Waals surface area (Å²) in [5, 5.41) is 8.54. The van der Waals surface area contributed by atoms with Crippen molar-refractivity contribution in [3.63, 3.8) is 0 Å². The summed E-state index contributed by atoms with van der Waals surface area (Å²) in [5.74, 6) is 0.923. The fourth-order valence-electron chi connectivity index (χ4n) is 1.10. The lowest BCUT2D eigenvalue weighted by atomic mass is 10.2. The Kier molecular flexibility index (Phi) is 5.02. The first-order valence-electron chi connectivity index (χ1n) is 4.72. The maximum absolute atomic E-state index is 8.54. The van der Waals surface area contributed by atoms with Crippen LogP contribution in [0.4, 0.5) is 0 Å². The number of hydrogen-bond donors (Lipinski definition) is 1. The fourth-order valence-corrected chi connectivity index (χ4v) is 1.10. The van der Waals surface area contributed by atoms with E-state index in [1.54, 1.807) is 0 Å². The van der Waals surface area contributed by atoms with E-state index < -0.39 is 0 Å². The second-order valence-corrected chi connectivity index (χ2v) is 2.95. The molecule has 0 unspecified atom stereocenters. The lowest BCUT2D eigenvalue weighted by Crippen LogP contribution is -1.97. The predicted molar refractivity (Wildman–Crippen MR) is 52.9 cm³/mol. The van der Waals surface area contributed by atoms with Crippen molar-refractivity contribution in [1.82, 2.24) is 0 Å². The molecular formula is C11H16O2. The molecule has 0 atom stereocenters. The molecule has 1 aromatic carbocycles. The maximum Gasteiger partial charge on any atom is 0.119 e. The Labute approximate surface area is 79.2 Å². The van der Waals surface area contributed by atoms with Crippen molar-refractivity contribution in [3.05, 3.63) is 30.3 Å². The van der Waals surface area contributed by atoms with Crippen molar-refractivity contribution < 1.29 is 9.84 Å². The van der Waals surface area contributed by atoms with Crippen molar-refractivity contribution >= 4 is 0 Å². The number of hydrogen-bond acceptors (Lipinski definition) is 2. The molecule has 0 bridgehead atoms. The van der Waals surface area contributed by atoms with Crippen LogP contribution >= 0.6 is 0 Å². The Morgan fingerprint density at radius 2 is 1.77 bits per heavy atom. The van der Waals surface area contributed by atoms with E-state index in [0.717, 1.165) is 31.6 Å². The van der Waals surface area contributed by atoms with Crippen molar-refractivity contribution in [2.45, 2.75) is 19.3 Å². The Balaban J connectivity index is 2.07. The number of unbranched alkanes of at least 4 members (excludes halogenated alkanes) is 2. The second-order valence-electron chi connectivity index (χ2n) is 2.95. The van der Waals surface area contributed by atoms with E-state index in [1.165, 1.54) is 0 Å². The van der Waals surface area contributed by atoms with Gasteiger partial charge in [0.15, 0.2) is 0 Å². The van der Waals surface area contributed by atoms with Gasteiger partial charge in [0.05, 0.1) is 6.61 Å². The Morgan fingerprint density at radius 1 is 1.00 bits per heavy atom. The van der Waals surface area contributed by atoms with E-state index >= 15 is 0 Å². The molecule has 1 aromatic rings. The van der Waals surface area contributed by atoms with Gasteiger partial charge in [-0.2, -0.15) is 0 Å². The van der Waals surface area contributed by atoms with E-state index in [9.17, 15) is 0 Å². The molecule has 0 aliphatic carbocycles.